The molecule has 0 aliphatic carbocycles. The maximum Gasteiger partial charge on any atom is 0.136 e. The van der Waals surface area contributed by atoms with E-state index < -0.39 is 0 Å². The van der Waals surface area contributed by atoms with E-state index in [0.29, 0.717) is 6.04 Å². The van der Waals surface area contributed by atoms with Crippen LogP contribution in [0.15, 0.2) is 30.5 Å². The fourth-order valence-electron chi connectivity index (χ4n) is 2.69. The summed E-state index contributed by atoms with van der Waals surface area (Å²) in [4.78, 5) is 7.15. The van der Waals surface area contributed by atoms with Gasteiger partial charge in [0, 0.05) is 30.7 Å². The van der Waals surface area contributed by atoms with Gasteiger partial charge in [-0.1, -0.05) is 31.2 Å². The number of rotatable bonds is 6. The molecule has 108 valence electrons. The highest BCUT2D eigenvalue weighted by molar-refractivity contribution is 5.94. The van der Waals surface area contributed by atoms with Crippen molar-refractivity contribution in [3.63, 3.8) is 0 Å². The highest BCUT2D eigenvalue weighted by Gasteiger charge is 2.16. The van der Waals surface area contributed by atoms with Gasteiger partial charge >= 0.3 is 0 Å². The van der Waals surface area contributed by atoms with Gasteiger partial charge in [-0.15, -0.1) is 0 Å². The van der Waals surface area contributed by atoms with Gasteiger partial charge in [0.15, 0.2) is 0 Å². The number of fused-ring (bicyclic) bond motifs is 1. The summed E-state index contributed by atoms with van der Waals surface area (Å²) in [5.74, 6) is 1.11. The molecule has 2 rings (SSSR count). The first kappa shape index (κ1) is 14.8. The van der Waals surface area contributed by atoms with E-state index in [4.69, 9.17) is 4.98 Å². The number of nitrogens with one attached hydrogen (secondary N) is 1. The average molecular weight is 271 g/mol. The van der Waals surface area contributed by atoms with E-state index in [1.165, 1.54) is 16.3 Å². The molecule has 0 saturated heterocycles. The molecule has 0 amide bonds. The number of anilines is 1. The Labute approximate surface area is 122 Å². The summed E-state index contributed by atoms with van der Waals surface area (Å²) in [6.45, 7) is 8.52. The molecule has 1 atom stereocenters. The maximum atomic E-state index is 4.75. The minimum absolute atomic E-state index is 0.506. The zero-order chi connectivity index (χ0) is 14.5. The van der Waals surface area contributed by atoms with E-state index in [1.54, 1.807) is 0 Å². The van der Waals surface area contributed by atoms with Crippen LogP contribution in [0.1, 0.15) is 32.8 Å². The van der Waals surface area contributed by atoms with Gasteiger partial charge in [0.05, 0.1) is 0 Å². The van der Waals surface area contributed by atoms with Crippen LogP contribution in [-0.4, -0.2) is 24.6 Å². The van der Waals surface area contributed by atoms with Crippen molar-refractivity contribution in [1.82, 2.24) is 10.3 Å². The zero-order valence-corrected chi connectivity index (χ0v) is 13.0. The number of pyridine rings is 1. The second-order valence-corrected chi connectivity index (χ2v) is 5.23. The molecule has 1 unspecified atom stereocenters. The fourth-order valence-corrected chi connectivity index (χ4v) is 2.69. The lowest BCUT2D eigenvalue weighted by Crippen LogP contribution is -2.33. The van der Waals surface area contributed by atoms with E-state index in [9.17, 15) is 0 Å². The number of hydrogen-bond donors (Lipinski definition) is 1. The molecule has 2 aromatic rings. The van der Waals surface area contributed by atoms with Crippen LogP contribution in [0.3, 0.4) is 0 Å². The van der Waals surface area contributed by atoms with Crippen LogP contribution in [0, 0.1) is 0 Å². The first-order chi connectivity index (χ1) is 9.72. The van der Waals surface area contributed by atoms with Crippen LogP contribution >= 0.6 is 0 Å². The summed E-state index contributed by atoms with van der Waals surface area (Å²) in [6, 6.07) is 9.08. The van der Waals surface area contributed by atoms with Crippen LogP contribution < -0.4 is 10.2 Å². The normalized spacial score (nSPS) is 12.6. The summed E-state index contributed by atoms with van der Waals surface area (Å²) in [6.07, 6.45) is 3.14. The third-order valence-electron chi connectivity index (χ3n) is 3.96. The molecule has 0 bridgehead atoms. The molecule has 0 radical (unpaired) electrons. The standard InChI is InChI=1S/C17H25N3/c1-5-13(3)20(6-2)17-16-10-8-7-9-15(16)14(11-18-4)12-19-17/h7-10,12-13,18H,5-6,11H2,1-4H3. The first-order valence-electron chi connectivity index (χ1n) is 7.50. The van der Waals surface area contributed by atoms with Crippen LogP contribution in [0.5, 0.6) is 0 Å². The summed E-state index contributed by atoms with van der Waals surface area (Å²) in [5, 5.41) is 5.77. The molecular formula is C17H25N3. The third kappa shape index (κ3) is 2.78. The molecule has 20 heavy (non-hydrogen) atoms. The first-order valence-corrected chi connectivity index (χ1v) is 7.50. The summed E-state index contributed by atoms with van der Waals surface area (Å²) in [7, 11) is 1.97. The molecule has 3 heteroatoms. The Morgan fingerprint density at radius 2 is 1.90 bits per heavy atom. The quantitative estimate of drug-likeness (QED) is 0.870. The molecule has 0 fully saturated rings. The van der Waals surface area contributed by atoms with Crippen molar-refractivity contribution in [3.8, 4) is 0 Å². The van der Waals surface area contributed by atoms with Gasteiger partial charge in [-0.25, -0.2) is 4.98 Å². The molecule has 0 saturated carbocycles. The number of hydrogen-bond acceptors (Lipinski definition) is 3. The van der Waals surface area contributed by atoms with E-state index in [1.807, 2.05) is 13.2 Å². The molecule has 1 N–H and O–H groups in total. The number of nitrogens with zero attached hydrogens (tertiary/aromatic N) is 2. The van der Waals surface area contributed by atoms with E-state index in [-0.39, 0.29) is 0 Å². The Morgan fingerprint density at radius 3 is 2.50 bits per heavy atom. The Kier molecular flexibility index (Phi) is 4.96. The molecule has 1 aromatic heterocycles. The predicted octanol–water partition coefficient (Wildman–Crippen LogP) is 3.58. The molecule has 1 heterocycles. The maximum absolute atomic E-state index is 4.75. The third-order valence-corrected chi connectivity index (χ3v) is 3.96. The van der Waals surface area contributed by atoms with Gasteiger partial charge < -0.3 is 10.2 Å². The van der Waals surface area contributed by atoms with Gasteiger partial charge in [-0.05, 0) is 38.3 Å². The van der Waals surface area contributed by atoms with Crippen molar-refractivity contribution in [3.05, 3.63) is 36.0 Å². The Morgan fingerprint density at radius 1 is 1.20 bits per heavy atom. The van der Waals surface area contributed by atoms with Gasteiger partial charge in [0.2, 0.25) is 0 Å². The average Bonchev–Trinajstić information content (AvgIpc) is 2.50. The Bertz CT molecular complexity index is 565. The SMILES string of the molecule is CCC(C)N(CC)c1ncc(CNC)c2ccccc12. The van der Waals surface area contributed by atoms with E-state index in [2.05, 4.69) is 55.3 Å². The largest absolute Gasteiger partial charge is 0.354 e. The highest BCUT2D eigenvalue weighted by Crippen LogP contribution is 2.28. The molecule has 3 nitrogen and oxygen atoms in total. The van der Waals surface area contributed by atoms with Gasteiger partial charge in [-0.2, -0.15) is 0 Å². The summed E-state index contributed by atoms with van der Waals surface area (Å²) < 4.78 is 0. The van der Waals surface area contributed by atoms with Crippen molar-refractivity contribution < 1.29 is 0 Å². The minimum atomic E-state index is 0.506. The van der Waals surface area contributed by atoms with Gasteiger partial charge in [0.25, 0.3) is 0 Å². The molecular weight excluding hydrogens is 246 g/mol. The van der Waals surface area contributed by atoms with E-state index in [0.717, 1.165) is 25.3 Å². The summed E-state index contributed by atoms with van der Waals surface area (Å²) >= 11 is 0. The highest BCUT2D eigenvalue weighted by atomic mass is 15.2. The molecule has 0 spiro atoms. The zero-order valence-electron chi connectivity index (χ0n) is 13.0. The number of benzene rings is 1. The Balaban J connectivity index is 2.57. The van der Waals surface area contributed by atoms with Gasteiger partial charge in [0.1, 0.15) is 5.82 Å². The van der Waals surface area contributed by atoms with Crippen LogP contribution in [0.2, 0.25) is 0 Å². The van der Waals surface area contributed by atoms with Crippen molar-refractivity contribution >= 4 is 16.6 Å². The Hall–Kier alpha value is -1.61. The monoisotopic (exact) mass is 271 g/mol. The fraction of sp³-hybridized carbons (Fsp3) is 0.471. The topological polar surface area (TPSA) is 28.2 Å². The number of aromatic nitrogens is 1. The van der Waals surface area contributed by atoms with Crippen molar-refractivity contribution in [2.45, 2.75) is 39.8 Å². The van der Waals surface area contributed by atoms with Crippen molar-refractivity contribution in [2.24, 2.45) is 0 Å². The summed E-state index contributed by atoms with van der Waals surface area (Å²) in [5.41, 5.74) is 1.26. The predicted molar refractivity (Wildman–Crippen MR) is 87.3 cm³/mol. The minimum Gasteiger partial charge on any atom is -0.354 e. The lowest BCUT2D eigenvalue weighted by Gasteiger charge is -2.29. The van der Waals surface area contributed by atoms with E-state index >= 15 is 0 Å². The second kappa shape index (κ2) is 6.71. The van der Waals surface area contributed by atoms with Crippen LogP contribution in [-0.2, 0) is 6.54 Å². The van der Waals surface area contributed by atoms with Crippen molar-refractivity contribution in [2.75, 3.05) is 18.5 Å². The van der Waals surface area contributed by atoms with Crippen LogP contribution in [0.4, 0.5) is 5.82 Å². The van der Waals surface area contributed by atoms with Crippen molar-refractivity contribution in [1.29, 1.82) is 0 Å². The second-order valence-electron chi connectivity index (χ2n) is 5.23. The molecule has 1 aromatic carbocycles. The smallest absolute Gasteiger partial charge is 0.136 e. The van der Waals surface area contributed by atoms with Gasteiger partial charge in [-0.3, -0.25) is 0 Å². The molecule has 0 aliphatic heterocycles. The van der Waals surface area contributed by atoms with Crippen LogP contribution in [0.25, 0.3) is 10.8 Å². The molecule has 0 aliphatic rings. The lowest BCUT2D eigenvalue weighted by molar-refractivity contribution is 0.625. The lowest BCUT2D eigenvalue weighted by atomic mass is 10.1.